The van der Waals surface area contributed by atoms with Gasteiger partial charge in [-0.05, 0) is 30.2 Å². The number of pyridine rings is 1. The van der Waals surface area contributed by atoms with Gasteiger partial charge in [-0.2, -0.15) is 0 Å². The highest BCUT2D eigenvalue weighted by Crippen LogP contribution is 2.26. The van der Waals surface area contributed by atoms with Crippen molar-refractivity contribution in [1.29, 1.82) is 0 Å². The summed E-state index contributed by atoms with van der Waals surface area (Å²) in [6, 6.07) is 5.60. The molecule has 0 aliphatic heterocycles. The standard InChI is InChI=1S/C10H10N4S2/c1-15-9-5-8(11)13-10(14-9)16-7-3-2-4-12-6-7/h2-6H,1H3,(H2,11,13,14). The van der Waals surface area contributed by atoms with Gasteiger partial charge >= 0.3 is 0 Å². The van der Waals surface area contributed by atoms with Crippen LogP contribution in [-0.4, -0.2) is 21.2 Å². The molecule has 0 saturated carbocycles. The number of aromatic nitrogens is 3. The number of nitrogen functional groups attached to an aromatic ring is 1. The minimum absolute atomic E-state index is 0.491. The fraction of sp³-hybridized carbons (Fsp3) is 0.100. The van der Waals surface area contributed by atoms with Crippen LogP contribution in [0.4, 0.5) is 5.82 Å². The molecule has 0 radical (unpaired) electrons. The summed E-state index contributed by atoms with van der Waals surface area (Å²) in [6.45, 7) is 0. The fourth-order valence-electron chi connectivity index (χ4n) is 1.08. The first-order chi connectivity index (χ1) is 7.78. The Kier molecular flexibility index (Phi) is 3.63. The predicted octanol–water partition coefficient (Wildman–Crippen LogP) is 2.33. The smallest absolute Gasteiger partial charge is 0.195 e. The SMILES string of the molecule is CSc1cc(N)nc(Sc2cccnc2)n1. The molecule has 6 heteroatoms. The molecule has 2 aromatic rings. The lowest BCUT2D eigenvalue weighted by atomic mass is 10.5. The van der Waals surface area contributed by atoms with Gasteiger partial charge in [0.2, 0.25) is 0 Å². The second kappa shape index (κ2) is 5.18. The Morgan fingerprint density at radius 2 is 2.19 bits per heavy atom. The van der Waals surface area contributed by atoms with Crippen molar-refractivity contribution in [2.75, 3.05) is 12.0 Å². The molecule has 82 valence electrons. The lowest BCUT2D eigenvalue weighted by Crippen LogP contribution is -1.95. The minimum atomic E-state index is 0.491. The highest BCUT2D eigenvalue weighted by molar-refractivity contribution is 7.99. The molecule has 0 unspecified atom stereocenters. The molecule has 2 rings (SSSR count). The van der Waals surface area contributed by atoms with E-state index in [2.05, 4.69) is 15.0 Å². The van der Waals surface area contributed by atoms with Gasteiger partial charge in [-0.15, -0.1) is 11.8 Å². The van der Waals surface area contributed by atoms with Gasteiger partial charge in [-0.3, -0.25) is 4.98 Å². The molecule has 2 N–H and O–H groups in total. The summed E-state index contributed by atoms with van der Waals surface area (Å²) in [5, 5.41) is 1.52. The van der Waals surface area contributed by atoms with Gasteiger partial charge in [0.15, 0.2) is 5.16 Å². The molecule has 0 spiro atoms. The molecule has 2 heterocycles. The Bertz CT molecular complexity index is 476. The Morgan fingerprint density at radius 3 is 2.88 bits per heavy atom. The maximum Gasteiger partial charge on any atom is 0.195 e. The Balaban J connectivity index is 2.24. The normalized spacial score (nSPS) is 10.3. The van der Waals surface area contributed by atoms with Crippen LogP contribution >= 0.6 is 23.5 Å². The zero-order chi connectivity index (χ0) is 11.4. The molecule has 0 saturated heterocycles. The zero-order valence-corrected chi connectivity index (χ0v) is 10.3. The quantitative estimate of drug-likeness (QED) is 0.512. The average Bonchev–Trinajstić information content (AvgIpc) is 2.29. The number of nitrogens with zero attached hydrogens (tertiary/aromatic N) is 3. The molecule has 0 aliphatic rings. The van der Waals surface area contributed by atoms with E-state index in [1.54, 1.807) is 30.2 Å². The zero-order valence-electron chi connectivity index (χ0n) is 8.62. The Hall–Kier alpha value is -1.27. The Labute approximate surface area is 102 Å². The van der Waals surface area contributed by atoms with E-state index in [-0.39, 0.29) is 0 Å². The van der Waals surface area contributed by atoms with Crippen molar-refractivity contribution < 1.29 is 0 Å². The van der Waals surface area contributed by atoms with E-state index in [4.69, 9.17) is 5.73 Å². The number of hydrogen-bond donors (Lipinski definition) is 1. The lowest BCUT2D eigenvalue weighted by molar-refractivity contribution is 0.900. The molecular weight excluding hydrogens is 240 g/mol. The van der Waals surface area contributed by atoms with E-state index >= 15 is 0 Å². The van der Waals surface area contributed by atoms with E-state index in [1.807, 2.05) is 18.4 Å². The maximum absolute atomic E-state index is 5.70. The highest BCUT2D eigenvalue weighted by Gasteiger charge is 2.04. The molecule has 0 aromatic carbocycles. The van der Waals surface area contributed by atoms with E-state index in [0.29, 0.717) is 11.0 Å². The van der Waals surface area contributed by atoms with Crippen molar-refractivity contribution in [2.45, 2.75) is 15.1 Å². The summed E-state index contributed by atoms with van der Waals surface area (Å²) < 4.78 is 0. The van der Waals surface area contributed by atoms with Crippen LogP contribution in [0.3, 0.4) is 0 Å². The molecular formula is C10H10N4S2. The largest absolute Gasteiger partial charge is 0.384 e. The molecule has 0 amide bonds. The lowest BCUT2D eigenvalue weighted by Gasteiger charge is -2.02. The number of nitrogens with two attached hydrogens (primary N) is 1. The van der Waals surface area contributed by atoms with Gasteiger partial charge in [-0.1, -0.05) is 0 Å². The fourth-order valence-corrected chi connectivity index (χ4v) is 2.32. The van der Waals surface area contributed by atoms with Gasteiger partial charge in [0.25, 0.3) is 0 Å². The van der Waals surface area contributed by atoms with Gasteiger partial charge < -0.3 is 5.73 Å². The summed E-state index contributed by atoms with van der Waals surface area (Å²) in [4.78, 5) is 13.6. The van der Waals surface area contributed by atoms with Crippen LogP contribution in [0.1, 0.15) is 0 Å². The summed E-state index contributed by atoms with van der Waals surface area (Å²) in [5.74, 6) is 0.491. The maximum atomic E-state index is 5.70. The first-order valence-corrected chi connectivity index (χ1v) is 6.58. The highest BCUT2D eigenvalue weighted by atomic mass is 32.2. The molecule has 0 fully saturated rings. The van der Waals surface area contributed by atoms with Crippen molar-refractivity contribution >= 4 is 29.3 Å². The number of rotatable bonds is 3. The molecule has 2 aromatic heterocycles. The van der Waals surface area contributed by atoms with E-state index in [0.717, 1.165) is 9.92 Å². The second-order valence-electron chi connectivity index (χ2n) is 2.91. The summed E-state index contributed by atoms with van der Waals surface area (Å²) >= 11 is 3.00. The summed E-state index contributed by atoms with van der Waals surface area (Å²) in [6.07, 6.45) is 5.47. The topological polar surface area (TPSA) is 64.7 Å². The third kappa shape index (κ3) is 2.86. The molecule has 16 heavy (non-hydrogen) atoms. The van der Waals surface area contributed by atoms with E-state index in [9.17, 15) is 0 Å². The van der Waals surface area contributed by atoms with Gasteiger partial charge in [0.05, 0.1) is 0 Å². The van der Waals surface area contributed by atoms with Crippen LogP contribution in [0.15, 0.2) is 45.7 Å². The molecule has 0 bridgehead atoms. The minimum Gasteiger partial charge on any atom is -0.384 e. The third-order valence-electron chi connectivity index (χ3n) is 1.75. The van der Waals surface area contributed by atoms with Crippen LogP contribution in [0.2, 0.25) is 0 Å². The molecule has 0 atom stereocenters. The number of anilines is 1. The van der Waals surface area contributed by atoms with Crippen LogP contribution < -0.4 is 5.73 Å². The van der Waals surface area contributed by atoms with Crippen LogP contribution in [0.25, 0.3) is 0 Å². The molecule has 4 nitrogen and oxygen atoms in total. The van der Waals surface area contributed by atoms with Gasteiger partial charge in [0.1, 0.15) is 10.8 Å². The predicted molar refractivity (Wildman–Crippen MR) is 66.6 cm³/mol. The van der Waals surface area contributed by atoms with Crippen molar-refractivity contribution in [3.8, 4) is 0 Å². The summed E-state index contributed by atoms with van der Waals surface area (Å²) in [7, 11) is 0. The van der Waals surface area contributed by atoms with Crippen molar-refractivity contribution in [1.82, 2.24) is 15.0 Å². The number of hydrogen-bond acceptors (Lipinski definition) is 6. The number of thioether (sulfide) groups is 1. The van der Waals surface area contributed by atoms with Crippen LogP contribution in [0.5, 0.6) is 0 Å². The van der Waals surface area contributed by atoms with E-state index in [1.165, 1.54) is 11.8 Å². The Morgan fingerprint density at radius 1 is 1.31 bits per heavy atom. The van der Waals surface area contributed by atoms with Crippen molar-refractivity contribution in [2.24, 2.45) is 0 Å². The van der Waals surface area contributed by atoms with E-state index < -0.39 is 0 Å². The first-order valence-electron chi connectivity index (χ1n) is 4.54. The van der Waals surface area contributed by atoms with Gasteiger partial charge in [0, 0.05) is 23.4 Å². The third-order valence-corrected chi connectivity index (χ3v) is 3.22. The summed E-state index contributed by atoms with van der Waals surface area (Å²) in [5.41, 5.74) is 5.70. The monoisotopic (exact) mass is 250 g/mol. The van der Waals surface area contributed by atoms with Crippen molar-refractivity contribution in [3.63, 3.8) is 0 Å². The van der Waals surface area contributed by atoms with Crippen molar-refractivity contribution in [3.05, 3.63) is 30.6 Å². The van der Waals surface area contributed by atoms with Crippen LogP contribution in [0, 0.1) is 0 Å². The van der Waals surface area contributed by atoms with Gasteiger partial charge in [-0.25, -0.2) is 9.97 Å². The second-order valence-corrected chi connectivity index (χ2v) is 4.78. The average molecular weight is 250 g/mol. The molecule has 0 aliphatic carbocycles. The van der Waals surface area contributed by atoms with Crippen LogP contribution in [-0.2, 0) is 0 Å². The first kappa shape index (κ1) is 11.2.